The molecule has 1 rings (SSSR count). The van der Waals surface area contributed by atoms with Crippen LogP contribution in [0.25, 0.3) is 0 Å². The van der Waals surface area contributed by atoms with E-state index in [2.05, 4.69) is 11.0 Å². The quantitative estimate of drug-likeness (QED) is 0.705. The first-order valence-corrected chi connectivity index (χ1v) is 6.24. The van der Waals surface area contributed by atoms with E-state index in [-0.39, 0.29) is 11.9 Å². The van der Waals surface area contributed by atoms with Gasteiger partial charge in [0, 0.05) is 13.0 Å². The number of hydrogen-bond acceptors (Lipinski definition) is 4. The van der Waals surface area contributed by atoms with Gasteiger partial charge < -0.3 is 9.64 Å². The Morgan fingerprint density at radius 3 is 2.47 bits per heavy atom. The molecule has 1 heterocycles. The normalized spacial score (nSPS) is 18.7. The number of nitrogens with zero attached hydrogens (tertiary/aromatic N) is 2. The molecular weight excluding hydrogens is 216 g/mol. The van der Waals surface area contributed by atoms with Gasteiger partial charge in [0.2, 0.25) is 0 Å². The second-order valence-corrected chi connectivity index (χ2v) is 5.56. The number of carbonyl (C=O) groups is 1. The molecule has 0 aromatic rings. The Morgan fingerprint density at radius 2 is 2.00 bits per heavy atom. The molecule has 1 fully saturated rings. The summed E-state index contributed by atoms with van der Waals surface area (Å²) >= 11 is 0. The third-order valence-corrected chi connectivity index (χ3v) is 2.87. The van der Waals surface area contributed by atoms with E-state index in [9.17, 15) is 4.79 Å². The smallest absolute Gasteiger partial charge is 0.309 e. The lowest BCUT2D eigenvalue weighted by Gasteiger charge is -2.31. The Hall–Kier alpha value is -1.08. The first-order chi connectivity index (χ1) is 7.92. The van der Waals surface area contributed by atoms with Gasteiger partial charge in [-0.25, -0.2) is 0 Å². The van der Waals surface area contributed by atoms with Crippen LogP contribution in [-0.2, 0) is 9.53 Å². The Bertz CT molecular complexity index is 294. The molecule has 0 aliphatic carbocycles. The number of rotatable bonds is 3. The summed E-state index contributed by atoms with van der Waals surface area (Å²) in [6.45, 7) is 8.29. The molecule has 4 nitrogen and oxygen atoms in total. The van der Waals surface area contributed by atoms with Gasteiger partial charge >= 0.3 is 5.97 Å². The molecule has 0 spiro atoms. The zero-order chi connectivity index (χ0) is 12.9. The van der Waals surface area contributed by atoms with Crippen LogP contribution in [0, 0.1) is 17.2 Å². The molecule has 0 saturated carbocycles. The Morgan fingerprint density at radius 1 is 1.41 bits per heavy atom. The molecule has 17 heavy (non-hydrogen) atoms. The summed E-state index contributed by atoms with van der Waals surface area (Å²) < 4.78 is 5.38. The zero-order valence-corrected chi connectivity index (χ0v) is 11.0. The van der Waals surface area contributed by atoms with Gasteiger partial charge in [0.25, 0.3) is 0 Å². The maximum Gasteiger partial charge on any atom is 0.309 e. The van der Waals surface area contributed by atoms with E-state index in [1.54, 1.807) is 0 Å². The van der Waals surface area contributed by atoms with Crippen molar-refractivity contribution < 1.29 is 9.53 Å². The van der Waals surface area contributed by atoms with Gasteiger partial charge in [-0.05, 0) is 46.7 Å². The SMILES string of the molecule is CC(C)(C)OC(=O)C1CCN(CCC#N)CC1. The Kier molecular flexibility index (Phi) is 4.95. The van der Waals surface area contributed by atoms with Crippen molar-refractivity contribution in [1.82, 2.24) is 4.90 Å². The molecule has 0 amide bonds. The third-order valence-electron chi connectivity index (χ3n) is 2.87. The molecule has 1 saturated heterocycles. The van der Waals surface area contributed by atoms with Gasteiger partial charge in [-0.3, -0.25) is 4.79 Å². The lowest BCUT2D eigenvalue weighted by atomic mass is 9.96. The van der Waals surface area contributed by atoms with Crippen molar-refractivity contribution in [2.24, 2.45) is 5.92 Å². The van der Waals surface area contributed by atoms with E-state index in [4.69, 9.17) is 10.00 Å². The van der Waals surface area contributed by atoms with Crippen molar-refractivity contribution in [1.29, 1.82) is 5.26 Å². The number of nitriles is 1. The molecule has 0 aromatic heterocycles. The summed E-state index contributed by atoms with van der Waals surface area (Å²) in [6, 6.07) is 2.15. The van der Waals surface area contributed by atoms with Gasteiger partial charge in [0.15, 0.2) is 0 Å². The van der Waals surface area contributed by atoms with Crippen LogP contribution in [-0.4, -0.2) is 36.1 Å². The minimum absolute atomic E-state index is 0.0348. The molecule has 1 aliphatic heterocycles. The van der Waals surface area contributed by atoms with E-state index >= 15 is 0 Å². The zero-order valence-electron chi connectivity index (χ0n) is 11.0. The van der Waals surface area contributed by atoms with Crippen LogP contribution in [0.3, 0.4) is 0 Å². The predicted molar refractivity (Wildman–Crippen MR) is 65.2 cm³/mol. The minimum Gasteiger partial charge on any atom is -0.460 e. The molecule has 0 bridgehead atoms. The summed E-state index contributed by atoms with van der Waals surface area (Å²) in [5, 5.41) is 8.51. The fourth-order valence-electron chi connectivity index (χ4n) is 1.99. The Balaban J connectivity index is 2.32. The molecule has 1 aliphatic rings. The summed E-state index contributed by atoms with van der Waals surface area (Å²) in [4.78, 5) is 14.1. The van der Waals surface area contributed by atoms with Gasteiger partial charge in [-0.2, -0.15) is 5.26 Å². The van der Waals surface area contributed by atoms with Crippen molar-refractivity contribution in [2.45, 2.75) is 45.6 Å². The summed E-state index contributed by atoms with van der Waals surface area (Å²) in [6.07, 6.45) is 2.26. The van der Waals surface area contributed by atoms with Crippen molar-refractivity contribution >= 4 is 5.97 Å². The molecule has 4 heteroatoms. The molecule has 0 radical (unpaired) electrons. The molecular formula is C13H22N2O2. The van der Waals surface area contributed by atoms with Crippen LogP contribution < -0.4 is 0 Å². The molecule has 0 atom stereocenters. The van der Waals surface area contributed by atoms with Gasteiger partial charge in [0.1, 0.15) is 5.60 Å². The molecule has 0 aromatic carbocycles. The summed E-state index contributed by atoms with van der Waals surface area (Å²) in [5.74, 6) is -0.0370. The predicted octanol–water partition coefficient (Wildman–Crippen LogP) is 1.95. The number of carbonyl (C=O) groups excluding carboxylic acids is 1. The van der Waals surface area contributed by atoms with Crippen molar-refractivity contribution in [3.05, 3.63) is 0 Å². The van der Waals surface area contributed by atoms with Gasteiger partial charge in [0.05, 0.1) is 12.0 Å². The highest BCUT2D eigenvalue weighted by atomic mass is 16.6. The van der Waals surface area contributed by atoms with Crippen molar-refractivity contribution in [3.8, 4) is 6.07 Å². The average Bonchev–Trinajstić information content (AvgIpc) is 2.24. The van der Waals surface area contributed by atoms with Crippen LogP contribution in [0.15, 0.2) is 0 Å². The van der Waals surface area contributed by atoms with E-state index in [1.165, 1.54) is 0 Å². The lowest BCUT2D eigenvalue weighted by Crippen LogP contribution is -2.39. The topological polar surface area (TPSA) is 53.3 Å². The number of esters is 1. The first-order valence-electron chi connectivity index (χ1n) is 6.24. The number of ether oxygens (including phenoxy) is 1. The van der Waals surface area contributed by atoms with Gasteiger partial charge in [-0.15, -0.1) is 0 Å². The average molecular weight is 238 g/mol. The molecule has 96 valence electrons. The maximum absolute atomic E-state index is 11.8. The van der Waals surface area contributed by atoms with E-state index in [1.807, 2.05) is 20.8 Å². The van der Waals surface area contributed by atoms with Crippen molar-refractivity contribution in [3.63, 3.8) is 0 Å². The second-order valence-electron chi connectivity index (χ2n) is 5.56. The number of likely N-dealkylation sites (tertiary alicyclic amines) is 1. The highest BCUT2D eigenvalue weighted by molar-refractivity contribution is 5.73. The highest BCUT2D eigenvalue weighted by Crippen LogP contribution is 2.21. The van der Waals surface area contributed by atoms with Gasteiger partial charge in [-0.1, -0.05) is 0 Å². The Labute approximate surface area is 104 Å². The maximum atomic E-state index is 11.8. The van der Waals surface area contributed by atoms with E-state index < -0.39 is 5.60 Å². The largest absolute Gasteiger partial charge is 0.460 e. The van der Waals surface area contributed by atoms with Crippen LogP contribution >= 0.6 is 0 Å². The van der Waals surface area contributed by atoms with E-state index in [0.29, 0.717) is 6.42 Å². The fourth-order valence-corrected chi connectivity index (χ4v) is 1.99. The molecule has 0 N–H and O–H groups in total. The third kappa shape index (κ3) is 5.18. The van der Waals surface area contributed by atoms with Crippen LogP contribution in [0.1, 0.15) is 40.0 Å². The first kappa shape index (κ1) is 14.0. The fraction of sp³-hybridized carbons (Fsp3) is 0.846. The summed E-state index contributed by atoms with van der Waals surface area (Å²) in [5.41, 5.74) is -0.394. The van der Waals surface area contributed by atoms with Crippen LogP contribution in [0.5, 0.6) is 0 Å². The minimum atomic E-state index is -0.394. The monoisotopic (exact) mass is 238 g/mol. The highest BCUT2D eigenvalue weighted by Gasteiger charge is 2.28. The molecule has 0 unspecified atom stereocenters. The van der Waals surface area contributed by atoms with Crippen LogP contribution in [0.4, 0.5) is 0 Å². The number of piperidine rings is 1. The second kappa shape index (κ2) is 6.02. The lowest BCUT2D eigenvalue weighted by molar-refractivity contribution is -0.161. The number of hydrogen-bond donors (Lipinski definition) is 0. The standard InChI is InChI=1S/C13H22N2O2/c1-13(2,3)17-12(16)11-5-9-15(10-6-11)8-4-7-14/h11H,4-6,8-10H2,1-3H3. The summed E-state index contributed by atoms with van der Waals surface area (Å²) in [7, 11) is 0. The van der Waals surface area contributed by atoms with E-state index in [0.717, 1.165) is 32.5 Å². The van der Waals surface area contributed by atoms with Crippen LogP contribution in [0.2, 0.25) is 0 Å². The van der Waals surface area contributed by atoms with Crippen molar-refractivity contribution in [2.75, 3.05) is 19.6 Å².